The predicted molar refractivity (Wildman–Crippen MR) is 110 cm³/mol. The molecule has 1 fully saturated rings. The first-order valence-electron chi connectivity index (χ1n) is 9.04. The Kier molecular flexibility index (Phi) is 6.11. The molecule has 0 saturated carbocycles. The first kappa shape index (κ1) is 19.8. The normalized spacial score (nSPS) is 14.4. The molecule has 0 radical (unpaired) electrons. The lowest BCUT2D eigenvalue weighted by atomic mass is 10.1. The molecule has 0 unspecified atom stereocenters. The summed E-state index contributed by atoms with van der Waals surface area (Å²) in [5, 5.41) is 0. The third-order valence-corrected chi connectivity index (χ3v) is 6.91. The van der Waals surface area contributed by atoms with Gasteiger partial charge >= 0.3 is 0 Å². The molecule has 0 atom stereocenters. The molecule has 0 aromatic heterocycles. The van der Waals surface area contributed by atoms with Gasteiger partial charge in [-0.25, -0.2) is 8.42 Å². The number of nitrogens with zero attached hydrogens (tertiary/aromatic N) is 1. The van der Waals surface area contributed by atoms with Gasteiger partial charge in [-0.15, -0.1) is 11.8 Å². The molecule has 7 heteroatoms. The van der Waals surface area contributed by atoms with Gasteiger partial charge in [-0.2, -0.15) is 0 Å². The van der Waals surface area contributed by atoms with E-state index in [-0.39, 0.29) is 10.8 Å². The number of thioether (sulfide) groups is 1. The monoisotopic (exact) mass is 404 g/mol. The Morgan fingerprint density at radius 1 is 1.15 bits per heavy atom. The van der Waals surface area contributed by atoms with Crippen LogP contribution in [-0.4, -0.2) is 38.6 Å². The number of amides is 1. The smallest absolute Gasteiger partial charge is 0.261 e. The molecule has 1 heterocycles. The summed E-state index contributed by atoms with van der Waals surface area (Å²) in [5.41, 5.74) is 1.95. The molecule has 5 nitrogen and oxygen atoms in total. The van der Waals surface area contributed by atoms with Crippen molar-refractivity contribution in [3.05, 3.63) is 53.6 Å². The van der Waals surface area contributed by atoms with E-state index in [2.05, 4.69) is 4.72 Å². The van der Waals surface area contributed by atoms with E-state index in [0.29, 0.717) is 11.3 Å². The first-order valence-corrected chi connectivity index (χ1v) is 11.7. The summed E-state index contributed by atoms with van der Waals surface area (Å²) in [5.74, 6) is -0.0946. The van der Waals surface area contributed by atoms with Gasteiger partial charge in [0.2, 0.25) is 0 Å². The van der Waals surface area contributed by atoms with Crippen molar-refractivity contribution in [3.63, 3.8) is 0 Å². The fourth-order valence-electron chi connectivity index (χ4n) is 3.24. The zero-order valence-electron chi connectivity index (χ0n) is 15.6. The fourth-order valence-corrected chi connectivity index (χ4v) is 4.94. The van der Waals surface area contributed by atoms with Crippen molar-refractivity contribution in [2.24, 2.45) is 0 Å². The number of rotatable bonds is 6. The Bertz CT molecular complexity index is 936. The summed E-state index contributed by atoms with van der Waals surface area (Å²) < 4.78 is 28.5. The van der Waals surface area contributed by atoms with E-state index in [1.54, 1.807) is 29.2 Å². The topological polar surface area (TPSA) is 66.5 Å². The summed E-state index contributed by atoms with van der Waals surface area (Å²) in [7, 11) is -3.78. The van der Waals surface area contributed by atoms with Gasteiger partial charge in [0, 0.05) is 18.0 Å². The van der Waals surface area contributed by atoms with E-state index >= 15 is 0 Å². The van der Waals surface area contributed by atoms with E-state index in [0.717, 1.165) is 42.8 Å². The highest BCUT2D eigenvalue weighted by Crippen LogP contribution is 2.28. The lowest BCUT2D eigenvalue weighted by Crippen LogP contribution is -2.28. The van der Waals surface area contributed by atoms with E-state index in [9.17, 15) is 13.2 Å². The third-order valence-electron chi connectivity index (χ3n) is 4.75. The second-order valence-electron chi connectivity index (χ2n) is 6.48. The van der Waals surface area contributed by atoms with Crippen LogP contribution < -0.4 is 4.72 Å². The second kappa shape index (κ2) is 8.35. The molecule has 1 amide bonds. The highest BCUT2D eigenvalue weighted by molar-refractivity contribution is 7.98. The number of hydrogen-bond donors (Lipinski definition) is 1. The number of aryl methyl sites for hydroxylation is 1. The van der Waals surface area contributed by atoms with Crippen LogP contribution in [0.1, 0.15) is 35.7 Å². The minimum atomic E-state index is -3.78. The van der Waals surface area contributed by atoms with Gasteiger partial charge in [0.1, 0.15) is 0 Å². The van der Waals surface area contributed by atoms with E-state index in [4.69, 9.17) is 0 Å². The number of carbonyl (C=O) groups excluding carboxylic acids is 1. The van der Waals surface area contributed by atoms with Gasteiger partial charge in [-0.1, -0.05) is 25.1 Å². The zero-order chi connectivity index (χ0) is 19.4. The van der Waals surface area contributed by atoms with Gasteiger partial charge in [0.15, 0.2) is 0 Å². The number of sulfonamides is 1. The molecule has 1 aliphatic heterocycles. The Morgan fingerprint density at radius 2 is 1.85 bits per heavy atom. The molecule has 1 aliphatic rings. The summed E-state index contributed by atoms with van der Waals surface area (Å²) >= 11 is 1.45. The Balaban J connectivity index is 1.95. The Hall–Kier alpha value is -1.99. The third kappa shape index (κ3) is 4.30. The molecule has 2 aromatic carbocycles. The van der Waals surface area contributed by atoms with Crippen LogP contribution in [0.2, 0.25) is 0 Å². The van der Waals surface area contributed by atoms with Gasteiger partial charge in [0.25, 0.3) is 15.9 Å². The van der Waals surface area contributed by atoms with Crippen LogP contribution in [0.5, 0.6) is 0 Å². The Morgan fingerprint density at radius 3 is 2.52 bits per heavy atom. The lowest BCUT2D eigenvalue weighted by Gasteiger charge is -2.18. The molecule has 0 spiro atoms. The van der Waals surface area contributed by atoms with Crippen molar-refractivity contribution in [2.75, 3.05) is 24.1 Å². The standard InChI is InChI=1S/C20H24N2O3S2/c1-3-15-8-4-5-9-18(15)21-27(24,25)16-10-11-19(26-2)17(14-16)20(23)22-12-6-7-13-22/h4-5,8-11,14,21H,3,6-7,12-13H2,1-2H3. The van der Waals surface area contributed by atoms with E-state index in [1.807, 2.05) is 25.3 Å². The first-order chi connectivity index (χ1) is 13.0. The zero-order valence-corrected chi connectivity index (χ0v) is 17.2. The number of nitrogens with one attached hydrogen (secondary N) is 1. The summed E-state index contributed by atoms with van der Waals surface area (Å²) in [6.07, 6.45) is 4.60. The molecular weight excluding hydrogens is 380 g/mol. The molecule has 3 rings (SSSR count). The van der Waals surface area contributed by atoms with Crippen LogP contribution in [0.3, 0.4) is 0 Å². The van der Waals surface area contributed by atoms with Crippen molar-refractivity contribution in [1.82, 2.24) is 4.90 Å². The SMILES string of the molecule is CCc1ccccc1NS(=O)(=O)c1ccc(SC)c(C(=O)N2CCCC2)c1. The van der Waals surface area contributed by atoms with E-state index in [1.165, 1.54) is 17.8 Å². The number of anilines is 1. The summed E-state index contributed by atoms with van der Waals surface area (Å²) in [4.78, 5) is 15.6. The highest BCUT2D eigenvalue weighted by atomic mass is 32.2. The molecule has 144 valence electrons. The van der Waals surface area contributed by atoms with Crippen molar-refractivity contribution < 1.29 is 13.2 Å². The fraction of sp³-hybridized carbons (Fsp3) is 0.350. The number of likely N-dealkylation sites (tertiary alicyclic amines) is 1. The predicted octanol–water partition coefficient (Wildman–Crippen LogP) is 4.01. The van der Waals surface area contributed by atoms with Gasteiger partial charge in [-0.05, 0) is 55.3 Å². The van der Waals surface area contributed by atoms with Gasteiger partial charge in [-0.3, -0.25) is 9.52 Å². The maximum absolute atomic E-state index is 12.9. The van der Waals surface area contributed by atoms with Crippen LogP contribution in [0.25, 0.3) is 0 Å². The molecule has 0 aliphatic carbocycles. The quantitative estimate of drug-likeness (QED) is 0.739. The van der Waals surface area contributed by atoms with Crippen LogP contribution in [0.4, 0.5) is 5.69 Å². The lowest BCUT2D eigenvalue weighted by molar-refractivity contribution is 0.0789. The largest absolute Gasteiger partial charge is 0.339 e. The molecule has 27 heavy (non-hydrogen) atoms. The van der Waals surface area contributed by atoms with Crippen molar-refractivity contribution in [2.45, 2.75) is 36.0 Å². The van der Waals surface area contributed by atoms with Crippen LogP contribution in [0, 0.1) is 0 Å². The number of carbonyl (C=O) groups is 1. The maximum Gasteiger partial charge on any atom is 0.261 e. The van der Waals surface area contributed by atoms with Crippen molar-refractivity contribution >= 4 is 33.4 Å². The second-order valence-corrected chi connectivity index (χ2v) is 9.01. The molecule has 1 saturated heterocycles. The van der Waals surface area contributed by atoms with Crippen LogP contribution in [-0.2, 0) is 16.4 Å². The average Bonchev–Trinajstić information content (AvgIpc) is 3.22. The van der Waals surface area contributed by atoms with Crippen LogP contribution in [0.15, 0.2) is 52.3 Å². The highest BCUT2D eigenvalue weighted by Gasteiger charge is 2.24. The number of hydrogen-bond acceptors (Lipinski definition) is 4. The number of benzene rings is 2. The summed E-state index contributed by atoms with van der Waals surface area (Å²) in [6, 6.07) is 12.1. The molecule has 0 bridgehead atoms. The maximum atomic E-state index is 12.9. The number of para-hydroxylation sites is 1. The molecule has 2 aromatic rings. The van der Waals surface area contributed by atoms with Gasteiger partial charge < -0.3 is 4.90 Å². The average molecular weight is 405 g/mol. The molecule has 1 N–H and O–H groups in total. The summed E-state index contributed by atoms with van der Waals surface area (Å²) in [6.45, 7) is 3.44. The minimum Gasteiger partial charge on any atom is -0.339 e. The van der Waals surface area contributed by atoms with Crippen molar-refractivity contribution in [3.8, 4) is 0 Å². The Labute approximate surface area is 165 Å². The van der Waals surface area contributed by atoms with Crippen molar-refractivity contribution in [1.29, 1.82) is 0 Å². The minimum absolute atomic E-state index is 0.0946. The molecular formula is C20H24N2O3S2. The van der Waals surface area contributed by atoms with E-state index < -0.39 is 10.0 Å². The van der Waals surface area contributed by atoms with Crippen LogP contribution >= 0.6 is 11.8 Å². The van der Waals surface area contributed by atoms with Gasteiger partial charge in [0.05, 0.1) is 16.1 Å².